The zero-order valence-corrected chi connectivity index (χ0v) is 25.0. The molecule has 2 aromatic carbocycles. The Morgan fingerprint density at radius 3 is 2.67 bits per heavy atom. The molecule has 8 rings (SSSR count). The van der Waals surface area contributed by atoms with E-state index in [4.69, 9.17) is 18.9 Å². The first-order valence-corrected chi connectivity index (χ1v) is 15.7. The molecular weight excluding hydrogens is 622 g/mol. The van der Waals surface area contributed by atoms with Gasteiger partial charge >= 0.3 is 6.16 Å². The summed E-state index contributed by atoms with van der Waals surface area (Å²) in [6.07, 6.45) is 0.0614. The van der Waals surface area contributed by atoms with Crippen LogP contribution in [0.1, 0.15) is 40.5 Å². The van der Waals surface area contributed by atoms with E-state index >= 15 is 4.39 Å². The molecule has 4 aromatic rings. The van der Waals surface area contributed by atoms with E-state index in [1.165, 1.54) is 39.2 Å². The van der Waals surface area contributed by atoms with Crippen LogP contribution in [-0.4, -0.2) is 71.9 Å². The second-order valence-electron chi connectivity index (χ2n) is 11.3. The molecule has 14 heteroatoms. The molecule has 0 spiro atoms. The normalized spacial score (nSPS) is 20.5. The zero-order valence-electron chi connectivity index (χ0n) is 24.2. The highest BCUT2D eigenvalue weighted by Crippen LogP contribution is 2.50. The van der Waals surface area contributed by atoms with E-state index in [2.05, 4.69) is 4.98 Å². The van der Waals surface area contributed by atoms with Crippen molar-refractivity contribution in [1.29, 1.82) is 0 Å². The van der Waals surface area contributed by atoms with E-state index in [9.17, 15) is 18.8 Å². The molecule has 1 amide bonds. The summed E-state index contributed by atoms with van der Waals surface area (Å²) in [5.41, 5.74) is 2.86. The lowest BCUT2D eigenvalue weighted by molar-refractivity contribution is -0.0209. The summed E-state index contributed by atoms with van der Waals surface area (Å²) in [5, 5.41) is 1.79. The van der Waals surface area contributed by atoms with Gasteiger partial charge in [-0.3, -0.25) is 19.3 Å². The molecule has 0 bridgehead atoms. The second kappa shape index (κ2) is 11.3. The van der Waals surface area contributed by atoms with Gasteiger partial charge in [-0.05, 0) is 22.8 Å². The van der Waals surface area contributed by atoms with Gasteiger partial charge in [0.2, 0.25) is 11.2 Å². The number of hydrogen-bond donors (Lipinski definition) is 0. The minimum Gasteiger partial charge on any atom is -0.430 e. The number of pyridine rings is 1. The van der Waals surface area contributed by atoms with Crippen LogP contribution < -0.4 is 15.2 Å². The van der Waals surface area contributed by atoms with Crippen molar-refractivity contribution in [3.8, 4) is 27.4 Å². The van der Waals surface area contributed by atoms with Gasteiger partial charge in [-0.15, -0.1) is 11.3 Å². The van der Waals surface area contributed by atoms with Gasteiger partial charge in [0.1, 0.15) is 12.3 Å². The molecule has 0 radical (unpaired) electrons. The Kier molecular flexibility index (Phi) is 7.07. The first-order valence-electron chi connectivity index (χ1n) is 14.8. The van der Waals surface area contributed by atoms with E-state index < -0.39 is 53.2 Å². The van der Waals surface area contributed by atoms with Gasteiger partial charge in [-0.2, -0.15) is 0 Å². The van der Waals surface area contributed by atoms with Crippen molar-refractivity contribution in [2.24, 2.45) is 0 Å². The molecule has 0 N–H and O–H groups in total. The van der Waals surface area contributed by atoms with Gasteiger partial charge in [-0.1, -0.05) is 30.3 Å². The fourth-order valence-corrected chi connectivity index (χ4v) is 7.54. The number of rotatable bonds is 3. The zero-order chi connectivity index (χ0) is 31.5. The maximum Gasteiger partial charge on any atom is 0.514 e. The lowest BCUT2D eigenvalue weighted by atomic mass is 9.92. The molecule has 2 unspecified atom stereocenters. The van der Waals surface area contributed by atoms with Crippen LogP contribution in [0, 0.1) is 11.6 Å². The number of ether oxygens (including phenoxy) is 4. The third-order valence-electron chi connectivity index (χ3n) is 8.76. The Labute approximate surface area is 264 Å². The molecule has 5 heterocycles. The lowest BCUT2D eigenvalue weighted by Crippen LogP contribution is -2.66. The van der Waals surface area contributed by atoms with Crippen molar-refractivity contribution >= 4 is 23.4 Å². The Bertz CT molecular complexity index is 1940. The fraction of sp³-hybridized carbons (Fsp3) is 0.312. The van der Waals surface area contributed by atoms with E-state index in [0.29, 0.717) is 42.2 Å². The Hall–Kier alpha value is -4.66. The summed E-state index contributed by atoms with van der Waals surface area (Å²) in [6, 6.07) is 10.4. The second-order valence-corrected chi connectivity index (χ2v) is 12.1. The maximum absolute atomic E-state index is 15.9. The van der Waals surface area contributed by atoms with Gasteiger partial charge in [0.05, 0.1) is 48.6 Å². The Morgan fingerprint density at radius 1 is 1.00 bits per heavy atom. The largest absolute Gasteiger partial charge is 0.514 e. The van der Waals surface area contributed by atoms with Gasteiger partial charge in [-0.25, -0.2) is 18.6 Å². The minimum atomic E-state index is -1.11. The Morgan fingerprint density at radius 2 is 1.83 bits per heavy atom. The van der Waals surface area contributed by atoms with Crippen LogP contribution in [0.15, 0.2) is 59.0 Å². The highest BCUT2D eigenvalue weighted by Gasteiger charge is 2.47. The van der Waals surface area contributed by atoms with Crippen LogP contribution in [0.3, 0.4) is 0 Å². The van der Waals surface area contributed by atoms with E-state index in [1.807, 2.05) is 24.3 Å². The van der Waals surface area contributed by atoms with Crippen LogP contribution in [0.2, 0.25) is 0 Å². The third-order valence-corrected chi connectivity index (χ3v) is 9.62. The average Bonchev–Trinajstić information content (AvgIpc) is 3.51. The van der Waals surface area contributed by atoms with E-state index in [1.54, 1.807) is 10.5 Å². The van der Waals surface area contributed by atoms with Crippen LogP contribution >= 0.6 is 11.3 Å². The van der Waals surface area contributed by atoms with Crippen molar-refractivity contribution in [1.82, 2.24) is 14.6 Å². The number of hydrogen-bond acceptors (Lipinski definition) is 10. The van der Waals surface area contributed by atoms with Crippen LogP contribution in [0.4, 0.5) is 13.6 Å². The summed E-state index contributed by atoms with van der Waals surface area (Å²) in [5.74, 6) is -3.12. The number of thiazole rings is 1. The molecule has 46 heavy (non-hydrogen) atoms. The highest BCUT2D eigenvalue weighted by molar-refractivity contribution is 7.13. The summed E-state index contributed by atoms with van der Waals surface area (Å²) in [6.45, 7) is 1.32. The summed E-state index contributed by atoms with van der Waals surface area (Å²) >= 11 is 1.31. The number of fused-ring (bicyclic) bond motifs is 7. The summed E-state index contributed by atoms with van der Waals surface area (Å²) in [7, 11) is 0. The number of morpholine rings is 1. The topological polar surface area (TPSA) is 112 Å². The minimum absolute atomic E-state index is 0.00302. The highest BCUT2D eigenvalue weighted by atomic mass is 32.1. The monoisotopic (exact) mass is 648 g/mol. The molecule has 2 saturated heterocycles. The predicted molar refractivity (Wildman–Crippen MR) is 160 cm³/mol. The standard InChI is InChI=1S/C32H26F2N4O7S/c33-21-6-5-20-24(25(21)34)26-30(46-16-35-26)19-4-2-1-3-18(19)27(20)38-23-15-43-14-11-36(23)31(40)28-29(22(39)7-10-37(28)38)45-32(41)44-17-8-12-42-13-9-17/h1-7,10,16-17,23,27H,8-9,11-15H2. The van der Waals surface area contributed by atoms with Gasteiger partial charge < -0.3 is 23.8 Å². The lowest BCUT2D eigenvalue weighted by Gasteiger charge is -2.51. The number of nitrogens with zero attached hydrogens (tertiary/aromatic N) is 4. The van der Waals surface area contributed by atoms with E-state index in [0.717, 1.165) is 17.2 Å². The van der Waals surface area contributed by atoms with Crippen molar-refractivity contribution in [3.63, 3.8) is 0 Å². The molecular formula is C32H26F2N4O7S. The molecule has 0 saturated carbocycles. The Balaban J connectivity index is 1.33. The molecule has 11 nitrogen and oxygen atoms in total. The van der Waals surface area contributed by atoms with Gasteiger partial charge in [0, 0.05) is 37.2 Å². The quantitative estimate of drug-likeness (QED) is 0.297. The number of halogens is 2. The first kappa shape index (κ1) is 28.8. The van der Waals surface area contributed by atoms with Crippen molar-refractivity contribution < 1.29 is 37.3 Å². The molecule has 236 valence electrons. The SMILES string of the molecule is O=C(Oc1c2n(ccc1=O)N(C1c3ccccc3-c3scnc3-c3c1ccc(F)c3F)C1COCCN1C2=O)OC1CCOCC1. The number of benzene rings is 2. The van der Waals surface area contributed by atoms with E-state index in [-0.39, 0.29) is 31.0 Å². The number of aromatic nitrogens is 2. The van der Waals surface area contributed by atoms with Crippen molar-refractivity contribution in [3.05, 3.63) is 92.9 Å². The van der Waals surface area contributed by atoms with Gasteiger partial charge in [0.15, 0.2) is 17.3 Å². The van der Waals surface area contributed by atoms with Crippen LogP contribution in [0.25, 0.3) is 21.7 Å². The molecule has 2 atom stereocenters. The molecule has 3 aliphatic heterocycles. The molecule has 4 aliphatic rings. The van der Waals surface area contributed by atoms with Crippen LogP contribution in [-0.2, 0) is 14.2 Å². The van der Waals surface area contributed by atoms with Gasteiger partial charge in [0.25, 0.3) is 5.91 Å². The van der Waals surface area contributed by atoms with Crippen molar-refractivity contribution in [2.45, 2.75) is 31.2 Å². The molecule has 2 aromatic heterocycles. The third kappa shape index (κ3) is 4.50. The summed E-state index contributed by atoms with van der Waals surface area (Å²) < 4.78 is 54.4. The number of carbonyl (C=O) groups is 2. The summed E-state index contributed by atoms with van der Waals surface area (Å²) in [4.78, 5) is 47.0. The maximum atomic E-state index is 15.9. The molecule has 2 fully saturated rings. The number of carbonyl (C=O) groups excluding carboxylic acids is 2. The predicted octanol–water partition coefficient (Wildman–Crippen LogP) is 4.46. The number of amides is 1. The molecule has 1 aliphatic carbocycles. The smallest absolute Gasteiger partial charge is 0.430 e. The first-order chi connectivity index (χ1) is 22.4. The van der Waals surface area contributed by atoms with Crippen molar-refractivity contribution in [2.75, 3.05) is 38.0 Å². The fourth-order valence-electron chi connectivity index (χ4n) is 6.70. The average molecular weight is 649 g/mol. The van der Waals surface area contributed by atoms with Crippen LogP contribution in [0.5, 0.6) is 5.75 Å².